The van der Waals surface area contributed by atoms with Gasteiger partial charge in [0, 0.05) is 20.1 Å². The first-order valence-corrected chi connectivity index (χ1v) is 6.18. The van der Waals surface area contributed by atoms with E-state index in [-0.39, 0.29) is 5.97 Å². The molecule has 0 aromatic carbocycles. The van der Waals surface area contributed by atoms with Crippen LogP contribution in [0.1, 0.15) is 17.8 Å². The Balaban J connectivity index is 2.56. The number of aryl methyl sites for hydroxylation is 2. The Kier molecular flexibility index (Phi) is 5.14. The van der Waals surface area contributed by atoms with Crippen LogP contribution in [0, 0.1) is 6.92 Å². The Labute approximate surface area is 110 Å². The van der Waals surface area contributed by atoms with Gasteiger partial charge in [0.05, 0.1) is 29.4 Å². The first-order valence-electron chi connectivity index (χ1n) is 5.39. The van der Waals surface area contributed by atoms with Crippen molar-refractivity contribution in [2.45, 2.75) is 19.9 Å². The summed E-state index contributed by atoms with van der Waals surface area (Å²) in [6.07, 6.45) is 0.404. The standard InChI is InChI=1S/C11H18BrN3O2/c1-8-11(12)9(15(3)13-8)7-14(2)6-5-10(16)17-4/h5-7H2,1-4H3. The van der Waals surface area contributed by atoms with Gasteiger partial charge in [0.15, 0.2) is 0 Å². The number of methoxy groups -OCH3 is 1. The molecule has 0 radical (unpaired) electrons. The molecule has 6 heteroatoms. The van der Waals surface area contributed by atoms with Crippen LogP contribution in [0.15, 0.2) is 4.47 Å². The van der Waals surface area contributed by atoms with Gasteiger partial charge >= 0.3 is 5.97 Å². The second-order valence-electron chi connectivity index (χ2n) is 4.03. The summed E-state index contributed by atoms with van der Waals surface area (Å²) in [7, 11) is 5.29. The highest BCUT2D eigenvalue weighted by atomic mass is 79.9. The monoisotopic (exact) mass is 303 g/mol. The third-order valence-corrected chi connectivity index (χ3v) is 3.64. The molecule has 17 heavy (non-hydrogen) atoms. The molecular formula is C11H18BrN3O2. The van der Waals surface area contributed by atoms with E-state index in [1.165, 1.54) is 7.11 Å². The maximum atomic E-state index is 11.0. The Morgan fingerprint density at radius 3 is 2.71 bits per heavy atom. The van der Waals surface area contributed by atoms with Gasteiger partial charge < -0.3 is 4.74 Å². The Morgan fingerprint density at radius 1 is 1.59 bits per heavy atom. The Hall–Kier alpha value is -0.880. The highest BCUT2D eigenvalue weighted by Crippen LogP contribution is 2.21. The summed E-state index contributed by atoms with van der Waals surface area (Å²) < 4.78 is 7.50. The zero-order valence-corrected chi connectivity index (χ0v) is 12.2. The fourth-order valence-electron chi connectivity index (χ4n) is 1.57. The van der Waals surface area contributed by atoms with E-state index in [4.69, 9.17) is 0 Å². The average molecular weight is 304 g/mol. The molecule has 0 saturated carbocycles. The van der Waals surface area contributed by atoms with Crippen molar-refractivity contribution < 1.29 is 9.53 Å². The van der Waals surface area contributed by atoms with Crippen LogP contribution in [0.5, 0.6) is 0 Å². The fourth-order valence-corrected chi connectivity index (χ4v) is 2.03. The van der Waals surface area contributed by atoms with Gasteiger partial charge in [-0.2, -0.15) is 5.10 Å². The van der Waals surface area contributed by atoms with E-state index >= 15 is 0 Å². The highest BCUT2D eigenvalue weighted by molar-refractivity contribution is 9.10. The molecule has 0 unspecified atom stereocenters. The maximum Gasteiger partial charge on any atom is 0.306 e. The van der Waals surface area contributed by atoms with Crippen molar-refractivity contribution in [3.05, 3.63) is 15.9 Å². The first kappa shape index (κ1) is 14.2. The number of rotatable bonds is 5. The molecular weight excluding hydrogens is 286 g/mol. The van der Waals surface area contributed by atoms with Crippen LogP contribution in [0.25, 0.3) is 0 Å². The van der Waals surface area contributed by atoms with E-state index in [2.05, 4.69) is 30.7 Å². The summed E-state index contributed by atoms with van der Waals surface area (Å²) >= 11 is 3.52. The first-order chi connectivity index (χ1) is 7.95. The topological polar surface area (TPSA) is 47.4 Å². The second kappa shape index (κ2) is 6.16. The van der Waals surface area contributed by atoms with Gasteiger partial charge in [0.2, 0.25) is 0 Å². The van der Waals surface area contributed by atoms with Crippen molar-refractivity contribution in [2.75, 3.05) is 20.7 Å². The van der Waals surface area contributed by atoms with Gasteiger partial charge in [-0.25, -0.2) is 0 Å². The maximum absolute atomic E-state index is 11.0. The quantitative estimate of drug-likeness (QED) is 0.773. The predicted octanol–water partition coefficient (Wildman–Crippen LogP) is 1.49. The molecule has 1 rings (SSSR count). The minimum atomic E-state index is -0.183. The lowest BCUT2D eigenvalue weighted by atomic mass is 10.3. The lowest BCUT2D eigenvalue weighted by Gasteiger charge is -2.16. The van der Waals surface area contributed by atoms with Crippen molar-refractivity contribution in [3.8, 4) is 0 Å². The lowest BCUT2D eigenvalue weighted by Crippen LogP contribution is -2.23. The van der Waals surface area contributed by atoms with E-state index in [1.807, 2.05) is 25.7 Å². The number of halogens is 1. The molecule has 0 bridgehead atoms. The summed E-state index contributed by atoms with van der Waals surface area (Å²) in [5.74, 6) is -0.183. The van der Waals surface area contributed by atoms with Crippen LogP contribution < -0.4 is 0 Å². The van der Waals surface area contributed by atoms with Crippen LogP contribution in [0.4, 0.5) is 0 Å². The van der Waals surface area contributed by atoms with E-state index in [9.17, 15) is 4.79 Å². The lowest BCUT2D eigenvalue weighted by molar-refractivity contribution is -0.140. The number of ether oxygens (including phenoxy) is 1. The Bertz CT molecular complexity index is 404. The highest BCUT2D eigenvalue weighted by Gasteiger charge is 2.13. The molecule has 0 aliphatic rings. The zero-order chi connectivity index (χ0) is 13.0. The van der Waals surface area contributed by atoms with Gasteiger partial charge in [-0.3, -0.25) is 14.4 Å². The molecule has 1 aromatic rings. The fraction of sp³-hybridized carbons (Fsp3) is 0.636. The van der Waals surface area contributed by atoms with E-state index in [0.717, 1.165) is 22.4 Å². The summed E-state index contributed by atoms with van der Waals surface area (Å²) in [5, 5.41) is 4.33. The van der Waals surface area contributed by atoms with Crippen LogP contribution >= 0.6 is 15.9 Å². The molecule has 0 spiro atoms. The van der Waals surface area contributed by atoms with E-state index in [0.29, 0.717) is 13.0 Å². The number of hydrogen-bond acceptors (Lipinski definition) is 4. The van der Waals surface area contributed by atoms with Gasteiger partial charge in [0.25, 0.3) is 0 Å². The molecule has 0 aliphatic heterocycles. The summed E-state index contributed by atoms with van der Waals surface area (Å²) in [5.41, 5.74) is 2.08. The average Bonchev–Trinajstić information content (AvgIpc) is 2.53. The Morgan fingerprint density at radius 2 is 2.24 bits per heavy atom. The van der Waals surface area contributed by atoms with Crippen LogP contribution in [-0.2, 0) is 23.1 Å². The van der Waals surface area contributed by atoms with Crippen molar-refractivity contribution in [3.63, 3.8) is 0 Å². The molecule has 5 nitrogen and oxygen atoms in total. The molecule has 0 fully saturated rings. The molecule has 0 N–H and O–H groups in total. The van der Waals surface area contributed by atoms with Crippen molar-refractivity contribution in [1.29, 1.82) is 0 Å². The van der Waals surface area contributed by atoms with Crippen molar-refractivity contribution in [1.82, 2.24) is 14.7 Å². The second-order valence-corrected chi connectivity index (χ2v) is 4.83. The van der Waals surface area contributed by atoms with E-state index in [1.54, 1.807) is 0 Å². The smallest absolute Gasteiger partial charge is 0.306 e. The van der Waals surface area contributed by atoms with Gasteiger partial charge in [-0.1, -0.05) is 0 Å². The molecule has 0 aliphatic carbocycles. The number of nitrogens with zero attached hydrogens (tertiary/aromatic N) is 3. The molecule has 1 aromatic heterocycles. The van der Waals surface area contributed by atoms with E-state index < -0.39 is 0 Å². The number of aromatic nitrogens is 2. The third-order valence-electron chi connectivity index (χ3n) is 2.61. The minimum absolute atomic E-state index is 0.183. The molecule has 0 atom stereocenters. The van der Waals surface area contributed by atoms with Crippen molar-refractivity contribution >= 4 is 21.9 Å². The molecule has 96 valence electrons. The normalized spacial score (nSPS) is 10.9. The molecule has 1 heterocycles. The zero-order valence-electron chi connectivity index (χ0n) is 10.7. The number of hydrogen-bond donors (Lipinski definition) is 0. The van der Waals surface area contributed by atoms with Crippen LogP contribution in [0.3, 0.4) is 0 Å². The van der Waals surface area contributed by atoms with Crippen LogP contribution in [-0.4, -0.2) is 41.4 Å². The van der Waals surface area contributed by atoms with Crippen molar-refractivity contribution in [2.24, 2.45) is 7.05 Å². The number of esters is 1. The summed E-state index contributed by atoms with van der Waals surface area (Å²) in [6, 6.07) is 0. The van der Waals surface area contributed by atoms with Gasteiger partial charge in [0.1, 0.15) is 0 Å². The minimum Gasteiger partial charge on any atom is -0.469 e. The molecule has 0 amide bonds. The van der Waals surface area contributed by atoms with Gasteiger partial charge in [-0.05, 0) is 29.9 Å². The summed E-state index contributed by atoms with van der Waals surface area (Å²) in [6.45, 7) is 3.38. The SMILES string of the molecule is COC(=O)CCN(C)Cc1c(Br)c(C)nn1C. The number of carbonyl (C=O) groups excluding carboxylic acids is 1. The van der Waals surface area contributed by atoms with Gasteiger partial charge in [-0.15, -0.1) is 0 Å². The summed E-state index contributed by atoms with van der Waals surface area (Å²) in [4.78, 5) is 13.1. The number of carbonyl (C=O) groups is 1. The largest absolute Gasteiger partial charge is 0.469 e. The third kappa shape index (κ3) is 3.81. The molecule has 0 saturated heterocycles. The predicted molar refractivity (Wildman–Crippen MR) is 68.6 cm³/mol. The van der Waals surface area contributed by atoms with Crippen LogP contribution in [0.2, 0.25) is 0 Å².